The van der Waals surface area contributed by atoms with E-state index in [0.717, 1.165) is 43.7 Å². The molecule has 1 atom stereocenters. The van der Waals surface area contributed by atoms with E-state index in [1.54, 1.807) is 0 Å². The minimum Gasteiger partial charge on any atom is -0.342 e. The predicted molar refractivity (Wildman–Crippen MR) is 106 cm³/mol. The van der Waals surface area contributed by atoms with Gasteiger partial charge in [0, 0.05) is 36.3 Å². The molecule has 3 rings (SSSR count). The summed E-state index contributed by atoms with van der Waals surface area (Å²) in [7, 11) is 0. The van der Waals surface area contributed by atoms with Crippen molar-refractivity contribution in [1.29, 1.82) is 0 Å². The van der Waals surface area contributed by atoms with Crippen LogP contribution >= 0.6 is 0 Å². The molecule has 0 N–H and O–H groups in total. The molecule has 26 heavy (non-hydrogen) atoms. The van der Waals surface area contributed by atoms with Crippen molar-refractivity contribution >= 4 is 5.91 Å². The Bertz CT molecular complexity index is 782. The van der Waals surface area contributed by atoms with Gasteiger partial charge in [-0.3, -0.25) is 9.78 Å². The van der Waals surface area contributed by atoms with Crippen LogP contribution in [0.4, 0.5) is 0 Å². The summed E-state index contributed by atoms with van der Waals surface area (Å²) >= 11 is 0. The van der Waals surface area contributed by atoms with Gasteiger partial charge in [-0.25, -0.2) is 0 Å². The molecule has 3 nitrogen and oxygen atoms in total. The Kier molecular flexibility index (Phi) is 5.75. The van der Waals surface area contributed by atoms with Crippen LogP contribution in [0.5, 0.6) is 0 Å². The first-order valence-corrected chi connectivity index (χ1v) is 9.74. The molecule has 0 aliphatic carbocycles. The van der Waals surface area contributed by atoms with Crippen molar-refractivity contribution in [1.82, 2.24) is 9.88 Å². The third-order valence-electron chi connectivity index (χ3n) is 5.17. The Labute approximate surface area is 157 Å². The number of hydrogen-bond donors (Lipinski definition) is 0. The highest BCUT2D eigenvalue weighted by Gasteiger charge is 2.27. The van der Waals surface area contributed by atoms with E-state index in [9.17, 15) is 4.79 Å². The number of aromatic nitrogens is 1. The lowest BCUT2D eigenvalue weighted by Crippen LogP contribution is -2.41. The molecule has 1 saturated heterocycles. The molecule has 0 radical (unpaired) electrons. The SMILES string of the molecule is Cc1cccc(Cc2cc(C)nc([C@@H]3CCCN(C(=O)C(C)C)C3)c2)c1. The van der Waals surface area contributed by atoms with Crippen molar-refractivity contribution in [3.63, 3.8) is 0 Å². The van der Waals surface area contributed by atoms with Crippen LogP contribution in [0.1, 0.15) is 60.7 Å². The predicted octanol–water partition coefficient (Wildman–Crippen LogP) is 4.65. The van der Waals surface area contributed by atoms with E-state index in [4.69, 9.17) is 4.98 Å². The number of nitrogens with zero attached hydrogens (tertiary/aromatic N) is 2. The van der Waals surface area contributed by atoms with Gasteiger partial charge in [0.25, 0.3) is 0 Å². The van der Waals surface area contributed by atoms with E-state index in [1.807, 2.05) is 18.7 Å². The Morgan fingerprint density at radius 2 is 2.00 bits per heavy atom. The number of carbonyl (C=O) groups is 1. The summed E-state index contributed by atoms with van der Waals surface area (Å²) in [5.74, 6) is 0.682. The number of likely N-dealkylation sites (tertiary alicyclic amines) is 1. The topological polar surface area (TPSA) is 33.2 Å². The van der Waals surface area contributed by atoms with Crippen LogP contribution in [-0.2, 0) is 11.2 Å². The Morgan fingerprint density at radius 3 is 2.73 bits per heavy atom. The first-order chi connectivity index (χ1) is 12.4. The lowest BCUT2D eigenvalue weighted by Gasteiger charge is -2.34. The summed E-state index contributed by atoms with van der Waals surface area (Å²) in [6.07, 6.45) is 3.10. The number of amides is 1. The summed E-state index contributed by atoms with van der Waals surface area (Å²) in [6, 6.07) is 13.1. The second-order valence-electron chi connectivity index (χ2n) is 7.99. The molecule has 2 aromatic rings. The van der Waals surface area contributed by atoms with Crippen LogP contribution in [0, 0.1) is 19.8 Å². The third kappa shape index (κ3) is 4.51. The molecule has 0 bridgehead atoms. The molecule has 1 aromatic heterocycles. The normalized spacial score (nSPS) is 17.6. The molecule has 1 amide bonds. The minimum absolute atomic E-state index is 0.0658. The van der Waals surface area contributed by atoms with Gasteiger partial charge in [-0.05, 0) is 56.4 Å². The standard InChI is InChI=1S/C23H30N2O/c1-16(2)23(26)25-10-6-9-21(15-25)22-14-20(12-18(4)24-22)13-19-8-5-7-17(3)11-19/h5,7-8,11-12,14,16,21H,6,9-10,13,15H2,1-4H3/t21-/m1/s1. The highest BCUT2D eigenvalue weighted by molar-refractivity contribution is 5.78. The van der Waals surface area contributed by atoms with E-state index in [0.29, 0.717) is 5.92 Å². The zero-order valence-corrected chi connectivity index (χ0v) is 16.5. The van der Waals surface area contributed by atoms with Crippen LogP contribution in [0.3, 0.4) is 0 Å². The van der Waals surface area contributed by atoms with Gasteiger partial charge >= 0.3 is 0 Å². The van der Waals surface area contributed by atoms with Gasteiger partial charge in [-0.15, -0.1) is 0 Å². The van der Waals surface area contributed by atoms with Gasteiger partial charge in [0.1, 0.15) is 0 Å². The lowest BCUT2D eigenvalue weighted by atomic mass is 9.91. The van der Waals surface area contributed by atoms with E-state index in [2.05, 4.69) is 50.2 Å². The zero-order chi connectivity index (χ0) is 18.7. The van der Waals surface area contributed by atoms with Gasteiger partial charge in [0.15, 0.2) is 0 Å². The quantitative estimate of drug-likeness (QED) is 0.804. The van der Waals surface area contributed by atoms with Crippen molar-refractivity contribution in [2.75, 3.05) is 13.1 Å². The fraction of sp³-hybridized carbons (Fsp3) is 0.478. The maximum absolute atomic E-state index is 12.4. The Balaban J connectivity index is 1.79. The Hall–Kier alpha value is -2.16. The second-order valence-corrected chi connectivity index (χ2v) is 7.99. The van der Waals surface area contributed by atoms with Gasteiger partial charge in [-0.1, -0.05) is 43.7 Å². The third-order valence-corrected chi connectivity index (χ3v) is 5.17. The largest absolute Gasteiger partial charge is 0.342 e. The molecule has 1 aromatic carbocycles. The molecular formula is C23H30N2O. The summed E-state index contributed by atoms with van der Waals surface area (Å²) < 4.78 is 0. The average Bonchev–Trinajstić information content (AvgIpc) is 2.60. The first kappa shape index (κ1) is 18.6. The van der Waals surface area contributed by atoms with E-state index >= 15 is 0 Å². The molecule has 1 fully saturated rings. The fourth-order valence-electron chi connectivity index (χ4n) is 3.92. The molecule has 2 heterocycles. The van der Waals surface area contributed by atoms with Crippen LogP contribution < -0.4 is 0 Å². The average molecular weight is 351 g/mol. The lowest BCUT2D eigenvalue weighted by molar-refractivity contribution is -0.135. The molecule has 138 valence electrons. The van der Waals surface area contributed by atoms with Crippen LogP contribution in [0.15, 0.2) is 36.4 Å². The highest BCUT2D eigenvalue weighted by Crippen LogP contribution is 2.28. The number of benzene rings is 1. The van der Waals surface area contributed by atoms with E-state index < -0.39 is 0 Å². The maximum atomic E-state index is 12.4. The van der Waals surface area contributed by atoms with Crippen molar-refractivity contribution < 1.29 is 4.79 Å². The summed E-state index contributed by atoms with van der Waals surface area (Å²) in [6.45, 7) is 9.86. The van der Waals surface area contributed by atoms with Crippen molar-refractivity contribution in [3.05, 3.63) is 64.5 Å². The fourth-order valence-corrected chi connectivity index (χ4v) is 3.92. The smallest absolute Gasteiger partial charge is 0.225 e. The van der Waals surface area contributed by atoms with Gasteiger partial charge in [0.05, 0.1) is 0 Å². The van der Waals surface area contributed by atoms with Crippen LogP contribution in [0.2, 0.25) is 0 Å². The monoisotopic (exact) mass is 350 g/mol. The minimum atomic E-state index is 0.0658. The number of piperidine rings is 1. The number of rotatable bonds is 4. The molecule has 1 aliphatic rings. The van der Waals surface area contributed by atoms with Gasteiger partial charge in [0.2, 0.25) is 5.91 Å². The zero-order valence-electron chi connectivity index (χ0n) is 16.5. The van der Waals surface area contributed by atoms with Crippen molar-refractivity contribution in [2.24, 2.45) is 5.92 Å². The molecule has 0 spiro atoms. The number of hydrogen-bond acceptors (Lipinski definition) is 2. The summed E-state index contributed by atoms with van der Waals surface area (Å²) in [5, 5.41) is 0. The van der Waals surface area contributed by atoms with Gasteiger partial charge < -0.3 is 4.90 Å². The van der Waals surface area contributed by atoms with Crippen LogP contribution in [-0.4, -0.2) is 28.9 Å². The van der Waals surface area contributed by atoms with E-state index in [-0.39, 0.29) is 11.8 Å². The Morgan fingerprint density at radius 1 is 1.19 bits per heavy atom. The molecule has 3 heteroatoms. The van der Waals surface area contributed by atoms with Gasteiger partial charge in [-0.2, -0.15) is 0 Å². The number of pyridine rings is 1. The molecular weight excluding hydrogens is 320 g/mol. The molecule has 0 unspecified atom stereocenters. The number of carbonyl (C=O) groups excluding carboxylic acids is 1. The number of aryl methyl sites for hydroxylation is 2. The van der Waals surface area contributed by atoms with Crippen LogP contribution in [0.25, 0.3) is 0 Å². The molecule has 1 aliphatic heterocycles. The second kappa shape index (κ2) is 8.03. The summed E-state index contributed by atoms with van der Waals surface area (Å²) in [4.78, 5) is 19.2. The first-order valence-electron chi connectivity index (χ1n) is 9.74. The molecule has 0 saturated carbocycles. The highest BCUT2D eigenvalue weighted by atomic mass is 16.2. The maximum Gasteiger partial charge on any atom is 0.225 e. The summed E-state index contributed by atoms with van der Waals surface area (Å²) in [5.41, 5.74) is 6.15. The van der Waals surface area contributed by atoms with Crippen molar-refractivity contribution in [3.8, 4) is 0 Å². The van der Waals surface area contributed by atoms with E-state index in [1.165, 1.54) is 16.7 Å². The van der Waals surface area contributed by atoms with Crippen molar-refractivity contribution in [2.45, 2.75) is 52.9 Å².